The monoisotopic (exact) mass is 514 g/mol. The van der Waals surface area contributed by atoms with E-state index in [4.69, 9.17) is 0 Å². The molecule has 2 bridgehead atoms. The van der Waals surface area contributed by atoms with E-state index in [1.807, 2.05) is 38.1 Å². The van der Waals surface area contributed by atoms with Crippen molar-refractivity contribution in [3.8, 4) is 0 Å². The second kappa shape index (κ2) is 8.19. The Kier molecular flexibility index (Phi) is 5.49. The highest BCUT2D eigenvalue weighted by molar-refractivity contribution is 9.10. The SMILES string of the molecule is CC(C)c1nnc(NC(=O)CC(c2cccc(Br)c2)N2C(=O)C3C4C=CC(C4)C3C2=O)s1. The Bertz CT molecular complexity index is 1100. The summed E-state index contributed by atoms with van der Waals surface area (Å²) in [5.41, 5.74) is 0.747. The molecule has 7 nitrogen and oxygen atoms in total. The molecule has 1 saturated heterocycles. The Morgan fingerprint density at radius 1 is 1.19 bits per heavy atom. The van der Waals surface area contributed by atoms with Crippen LogP contribution in [0.4, 0.5) is 5.13 Å². The van der Waals surface area contributed by atoms with E-state index in [0.717, 1.165) is 21.5 Å². The zero-order chi connectivity index (χ0) is 22.6. The maximum Gasteiger partial charge on any atom is 0.234 e. The minimum absolute atomic E-state index is 0.0350. The number of rotatable bonds is 6. The first-order valence-electron chi connectivity index (χ1n) is 10.8. The van der Waals surface area contributed by atoms with Gasteiger partial charge < -0.3 is 5.32 Å². The van der Waals surface area contributed by atoms with Crippen LogP contribution in [-0.2, 0) is 14.4 Å². The molecule has 1 saturated carbocycles. The number of anilines is 1. The van der Waals surface area contributed by atoms with Gasteiger partial charge in [0.1, 0.15) is 5.01 Å². The van der Waals surface area contributed by atoms with Gasteiger partial charge in [-0.1, -0.05) is 65.4 Å². The van der Waals surface area contributed by atoms with Crippen molar-refractivity contribution in [1.82, 2.24) is 15.1 Å². The number of amides is 3. The first kappa shape index (κ1) is 21.5. The lowest BCUT2D eigenvalue weighted by Gasteiger charge is -2.28. The molecule has 5 rings (SSSR count). The number of allylic oxidation sites excluding steroid dienone is 2. The molecule has 2 fully saturated rings. The highest BCUT2D eigenvalue weighted by Gasteiger charge is 2.60. The molecule has 1 aliphatic heterocycles. The molecule has 0 spiro atoms. The standard InChI is InChI=1S/C23H23BrN4O3S/c1-11(2)20-26-27-23(32-20)25-17(29)10-16(12-4-3-5-15(24)9-12)28-21(30)18-13-6-7-14(8-13)19(18)22(28)31/h3-7,9,11,13-14,16,18-19H,8,10H2,1-2H3,(H,25,27,29). The lowest BCUT2D eigenvalue weighted by atomic mass is 9.85. The highest BCUT2D eigenvalue weighted by atomic mass is 79.9. The molecule has 1 aromatic carbocycles. The summed E-state index contributed by atoms with van der Waals surface area (Å²) in [4.78, 5) is 41.1. The maximum atomic E-state index is 13.4. The third-order valence-corrected chi connectivity index (χ3v) is 8.24. The van der Waals surface area contributed by atoms with Crippen LogP contribution in [0.5, 0.6) is 0 Å². The number of imide groups is 1. The first-order valence-corrected chi connectivity index (χ1v) is 12.4. The minimum Gasteiger partial charge on any atom is -0.300 e. The van der Waals surface area contributed by atoms with Crippen LogP contribution in [0.2, 0.25) is 0 Å². The van der Waals surface area contributed by atoms with E-state index in [1.165, 1.54) is 16.2 Å². The fourth-order valence-corrected chi connectivity index (χ4v) is 6.35. The second-order valence-electron chi connectivity index (χ2n) is 8.97. The van der Waals surface area contributed by atoms with Crippen molar-refractivity contribution < 1.29 is 14.4 Å². The van der Waals surface area contributed by atoms with Gasteiger partial charge in [-0.15, -0.1) is 10.2 Å². The number of hydrogen-bond acceptors (Lipinski definition) is 6. The lowest BCUT2D eigenvalue weighted by Crippen LogP contribution is -2.38. The van der Waals surface area contributed by atoms with Gasteiger partial charge in [0.05, 0.1) is 24.3 Å². The number of benzene rings is 1. The molecule has 32 heavy (non-hydrogen) atoms. The van der Waals surface area contributed by atoms with Gasteiger partial charge in [0.25, 0.3) is 0 Å². The van der Waals surface area contributed by atoms with Gasteiger partial charge in [0.2, 0.25) is 22.9 Å². The largest absolute Gasteiger partial charge is 0.300 e. The zero-order valence-corrected chi connectivity index (χ0v) is 20.1. The Hall–Kier alpha value is -2.39. The number of hydrogen-bond donors (Lipinski definition) is 1. The molecule has 1 N–H and O–H groups in total. The Morgan fingerprint density at radius 3 is 2.47 bits per heavy atom. The molecule has 3 amide bonds. The summed E-state index contributed by atoms with van der Waals surface area (Å²) in [7, 11) is 0. The molecule has 2 aromatic rings. The number of halogens is 1. The number of nitrogens with one attached hydrogen (secondary N) is 1. The fraction of sp³-hybridized carbons (Fsp3) is 0.435. The molecule has 1 aromatic heterocycles. The van der Waals surface area contributed by atoms with E-state index >= 15 is 0 Å². The molecular formula is C23H23BrN4O3S. The van der Waals surface area contributed by atoms with E-state index in [1.54, 1.807) is 0 Å². The fourth-order valence-electron chi connectivity index (χ4n) is 5.17. The van der Waals surface area contributed by atoms with Crippen LogP contribution in [0.25, 0.3) is 0 Å². The topological polar surface area (TPSA) is 92.3 Å². The Balaban J connectivity index is 1.42. The lowest BCUT2D eigenvalue weighted by molar-refractivity contribution is -0.144. The molecule has 166 valence electrons. The van der Waals surface area contributed by atoms with Crippen molar-refractivity contribution in [1.29, 1.82) is 0 Å². The molecule has 2 aliphatic carbocycles. The van der Waals surface area contributed by atoms with E-state index in [2.05, 4.69) is 43.6 Å². The van der Waals surface area contributed by atoms with Crippen LogP contribution < -0.4 is 5.32 Å². The number of carbonyl (C=O) groups is 3. The van der Waals surface area contributed by atoms with Gasteiger partial charge >= 0.3 is 0 Å². The van der Waals surface area contributed by atoms with Gasteiger partial charge in [-0.3, -0.25) is 19.3 Å². The van der Waals surface area contributed by atoms with Crippen LogP contribution >= 0.6 is 27.3 Å². The number of carbonyl (C=O) groups excluding carboxylic acids is 3. The number of likely N-dealkylation sites (tertiary alicyclic amines) is 1. The number of nitrogens with zero attached hydrogens (tertiary/aromatic N) is 3. The van der Waals surface area contributed by atoms with Crippen LogP contribution in [0.1, 0.15) is 49.2 Å². The smallest absolute Gasteiger partial charge is 0.234 e. The van der Waals surface area contributed by atoms with Crippen molar-refractivity contribution >= 4 is 50.1 Å². The van der Waals surface area contributed by atoms with Crippen molar-refractivity contribution in [2.75, 3.05) is 5.32 Å². The molecule has 9 heteroatoms. The molecule has 5 unspecified atom stereocenters. The van der Waals surface area contributed by atoms with E-state index in [9.17, 15) is 14.4 Å². The van der Waals surface area contributed by atoms with Gasteiger partial charge in [-0.2, -0.15) is 0 Å². The molecule has 5 atom stereocenters. The minimum atomic E-state index is -0.671. The molecule has 0 radical (unpaired) electrons. The first-order chi connectivity index (χ1) is 15.3. The second-order valence-corrected chi connectivity index (χ2v) is 10.9. The molecular weight excluding hydrogens is 492 g/mol. The van der Waals surface area contributed by atoms with Crippen LogP contribution in [0, 0.1) is 23.7 Å². The quantitative estimate of drug-likeness (QED) is 0.458. The van der Waals surface area contributed by atoms with E-state index in [-0.39, 0.29) is 53.7 Å². The van der Waals surface area contributed by atoms with Crippen molar-refractivity contribution in [3.05, 3.63) is 51.5 Å². The van der Waals surface area contributed by atoms with Crippen LogP contribution in [-0.4, -0.2) is 32.8 Å². The number of aromatic nitrogens is 2. The summed E-state index contributed by atoms with van der Waals surface area (Å²) in [6.45, 7) is 4.03. The number of fused-ring (bicyclic) bond motifs is 5. The maximum absolute atomic E-state index is 13.4. The molecule has 2 heterocycles. The Morgan fingerprint density at radius 2 is 1.88 bits per heavy atom. The highest BCUT2D eigenvalue weighted by Crippen LogP contribution is 2.54. The zero-order valence-electron chi connectivity index (χ0n) is 17.7. The summed E-state index contributed by atoms with van der Waals surface area (Å²) in [6, 6.07) is 6.77. The van der Waals surface area contributed by atoms with Gasteiger partial charge in [0.15, 0.2) is 0 Å². The van der Waals surface area contributed by atoms with Crippen molar-refractivity contribution in [2.45, 2.75) is 38.6 Å². The average molecular weight is 515 g/mol. The third-order valence-electron chi connectivity index (χ3n) is 6.61. The summed E-state index contributed by atoms with van der Waals surface area (Å²) < 4.78 is 0.826. The van der Waals surface area contributed by atoms with Crippen molar-refractivity contribution in [2.24, 2.45) is 23.7 Å². The third kappa shape index (κ3) is 3.61. The predicted octanol–water partition coefficient (Wildman–Crippen LogP) is 4.30. The van der Waals surface area contributed by atoms with Gasteiger partial charge in [0, 0.05) is 10.4 Å². The normalized spacial score (nSPS) is 26.8. The summed E-state index contributed by atoms with van der Waals surface area (Å²) in [5.74, 6) is -0.756. The summed E-state index contributed by atoms with van der Waals surface area (Å²) >= 11 is 4.80. The van der Waals surface area contributed by atoms with Crippen LogP contribution in [0.15, 0.2) is 40.9 Å². The van der Waals surface area contributed by atoms with Crippen molar-refractivity contribution in [3.63, 3.8) is 0 Å². The summed E-state index contributed by atoms with van der Waals surface area (Å²) in [6.07, 6.45) is 4.98. The van der Waals surface area contributed by atoms with Gasteiger partial charge in [-0.05, 0) is 36.0 Å². The predicted molar refractivity (Wildman–Crippen MR) is 124 cm³/mol. The Labute approximate surface area is 198 Å². The molecule has 3 aliphatic rings. The van der Waals surface area contributed by atoms with E-state index < -0.39 is 6.04 Å². The average Bonchev–Trinajstić information content (AvgIpc) is 3.51. The summed E-state index contributed by atoms with van der Waals surface area (Å²) in [5, 5.41) is 12.2. The van der Waals surface area contributed by atoms with Gasteiger partial charge in [-0.25, -0.2) is 0 Å². The van der Waals surface area contributed by atoms with E-state index in [0.29, 0.717) is 5.13 Å². The van der Waals surface area contributed by atoms with Crippen LogP contribution in [0.3, 0.4) is 0 Å².